The summed E-state index contributed by atoms with van der Waals surface area (Å²) >= 11 is 0. The van der Waals surface area contributed by atoms with Gasteiger partial charge in [0, 0.05) is 23.9 Å². The Morgan fingerprint density at radius 1 is 1.11 bits per heavy atom. The Hall–Kier alpha value is -3.35. The molecule has 0 bridgehead atoms. The maximum absolute atomic E-state index is 12.4. The second-order valence-corrected chi connectivity index (χ2v) is 6.48. The molecule has 0 saturated carbocycles. The molecule has 0 spiro atoms. The van der Waals surface area contributed by atoms with Crippen LogP contribution in [-0.4, -0.2) is 29.1 Å². The minimum Gasteiger partial charge on any atom is -0.451 e. The van der Waals surface area contributed by atoms with E-state index in [0.29, 0.717) is 17.9 Å². The number of H-pyrrole nitrogens is 1. The van der Waals surface area contributed by atoms with Crippen LogP contribution in [0.2, 0.25) is 0 Å². The summed E-state index contributed by atoms with van der Waals surface area (Å²) in [5.41, 5.74) is 4.72. The van der Waals surface area contributed by atoms with Crippen LogP contribution in [0, 0.1) is 0 Å². The number of fused-ring (bicyclic) bond motifs is 1. The molecule has 3 N–H and O–H groups in total. The van der Waals surface area contributed by atoms with E-state index in [0.717, 1.165) is 30.5 Å². The van der Waals surface area contributed by atoms with E-state index in [1.165, 1.54) is 11.3 Å². The van der Waals surface area contributed by atoms with Crippen molar-refractivity contribution in [3.05, 3.63) is 64.7 Å². The molecule has 2 heterocycles. The van der Waals surface area contributed by atoms with Crippen molar-refractivity contribution in [1.29, 1.82) is 0 Å². The molecule has 3 aromatic rings. The van der Waals surface area contributed by atoms with Crippen LogP contribution >= 0.6 is 0 Å². The molecule has 138 valence electrons. The zero-order valence-electron chi connectivity index (χ0n) is 15.0. The second-order valence-electron chi connectivity index (χ2n) is 6.48. The normalized spacial score (nSPS) is 12.6. The Labute approximate surface area is 156 Å². The minimum atomic E-state index is -0.276. The van der Waals surface area contributed by atoms with Gasteiger partial charge < -0.3 is 15.1 Å². The lowest BCUT2D eigenvalue weighted by atomic mass is 10.1. The number of aryl methyl sites for hydroxylation is 1. The Bertz CT molecular complexity index is 985. The number of carbonyl (C=O) groups excluding carboxylic acids is 2. The largest absolute Gasteiger partial charge is 0.451 e. The first kappa shape index (κ1) is 17.1. The number of hydrogen-bond acceptors (Lipinski definition) is 4. The number of rotatable bonds is 5. The molecule has 0 unspecified atom stereocenters. The maximum atomic E-state index is 12.4. The van der Waals surface area contributed by atoms with Crippen molar-refractivity contribution in [2.75, 3.05) is 7.05 Å². The number of nitrogens with zero attached hydrogens (tertiary/aromatic N) is 1. The average molecular weight is 364 g/mol. The van der Waals surface area contributed by atoms with E-state index in [-0.39, 0.29) is 17.6 Å². The summed E-state index contributed by atoms with van der Waals surface area (Å²) in [4.78, 5) is 24.0. The van der Waals surface area contributed by atoms with Gasteiger partial charge in [-0.2, -0.15) is 5.10 Å². The van der Waals surface area contributed by atoms with Crippen LogP contribution in [0.3, 0.4) is 0 Å². The fraction of sp³-hybridized carbons (Fsp3) is 0.250. The molecule has 0 saturated heterocycles. The van der Waals surface area contributed by atoms with Gasteiger partial charge in [0.25, 0.3) is 11.8 Å². The molecular weight excluding hydrogens is 344 g/mol. The topological polar surface area (TPSA) is 100 Å². The van der Waals surface area contributed by atoms with Crippen molar-refractivity contribution in [2.24, 2.45) is 0 Å². The Kier molecular flexibility index (Phi) is 4.50. The van der Waals surface area contributed by atoms with E-state index >= 15 is 0 Å². The SMILES string of the molecule is CNC(=O)c1ccc(-c2ccc(C(=O)NCc3n[nH]c4c3CCC4)cc2)o1. The summed E-state index contributed by atoms with van der Waals surface area (Å²) in [6.45, 7) is 0.417. The Morgan fingerprint density at radius 3 is 2.70 bits per heavy atom. The van der Waals surface area contributed by atoms with Crippen LogP contribution in [-0.2, 0) is 19.4 Å². The number of nitrogens with one attached hydrogen (secondary N) is 3. The number of benzene rings is 1. The lowest BCUT2D eigenvalue weighted by molar-refractivity contribution is 0.0933. The van der Waals surface area contributed by atoms with E-state index in [9.17, 15) is 9.59 Å². The van der Waals surface area contributed by atoms with Gasteiger partial charge in [-0.25, -0.2) is 0 Å². The molecule has 7 heteroatoms. The number of aromatic amines is 1. The van der Waals surface area contributed by atoms with Gasteiger partial charge in [-0.1, -0.05) is 12.1 Å². The summed E-state index contributed by atoms with van der Waals surface area (Å²) in [5.74, 6) is 0.400. The van der Waals surface area contributed by atoms with Crippen molar-refractivity contribution in [1.82, 2.24) is 20.8 Å². The first-order chi connectivity index (χ1) is 13.2. The summed E-state index contributed by atoms with van der Waals surface area (Å²) in [6, 6.07) is 10.4. The Morgan fingerprint density at radius 2 is 1.93 bits per heavy atom. The highest BCUT2D eigenvalue weighted by molar-refractivity contribution is 5.94. The highest BCUT2D eigenvalue weighted by Gasteiger charge is 2.18. The molecule has 1 aliphatic carbocycles. The third kappa shape index (κ3) is 3.36. The van der Waals surface area contributed by atoms with Crippen LogP contribution in [0.1, 0.15) is 44.3 Å². The first-order valence-electron chi connectivity index (χ1n) is 8.91. The van der Waals surface area contributed by atoms with Gasteiger partial charge in [-0.05, 0) is 49.1 Å². The third-order valence-electron chi connectivity index (χ3n) is 4.80. The van der Waals surface area contributed by atoms with Crippen LogP contribution in [0.25, 0.3) is 11.3 Å². The molecule has 1 aromatic carbocycles. The van der Waals surface area contributed by atoms with E-state index < -0.39 is 0 Å². The van der Waals surface area contributed by atoms with Crippen LogP contribution in [0.4, 0.5) is 0 Å². The van der Waals surface area contributed by atoms with Crippen LogP contribution < -0.4 is 10.6 Å². The standard InChI is InChI=1S/C20H20N4O3/c1-21-20(26)18-10-9-17(27-18)12-5-7-13(8-6-12)19(25)22-11-16-14-3-2-4-15(14)23-24-16/h5-10H,2-4,11H2,1H3,(H,21,26)(H,22,25)(H,23,24). The molecule has 0 atom stereocenters. The van der Waals surface area contributed by atoms with E-state index in [1.807, 2.05) is 0 Å². The predicted octanol–water partition coefficient (Wildman–Crippen LogP) is 2.45. The molecular formula is C20H20N4O3. The van der Waals surface area contributed by atoms with Gasteiger partial charge in [0.1, 0.15) is 5.76 Å². The monoisotopic (exact) mass is 364 g/mol. The average Bonchev–Trinajstić information content (AvgIpc) is 3.43. The molecule has 27 heavy (non-hydrogen) atoms. The fourth-order valence-electron chi connectivity index (χ4n) is 3.32. The summed E-state index contributed by atoms with van der Waals surface area (Å²) < 4.78 is 5.54. The van der Waals surface area contributed by atoms with Gasteiger partial charge in [0.05, 0.1) is 12.2 Å². The van der Waals surface area contributed by atoms with Gasteiger partial charge in [0.2, 0.25) is 0 Å². The van der Waals surface area contributed by atoms with Crippen molar-refractivity contribution in [3.63, 3.8) is 0 Å². The van der Waals surface area contributed by atoms with Gasteiger partial charge in [-0.15, -0.1) is 0 Å². The molecule has 4 rings (SSSR count). The third-order valence-corrected chi connectivity index (χ3v) is 4.80. The zero-order chi connectivity index (χ0) is 18.8. The van der Waals surface area contributed by atoms with Gasteiger partial charge >= 0.3 is 0 Å². The molecule has 2 aromatic heterocycles. The molecule has 1 aliphatic rings. The molecule has 0 fully saturated rings. The first-order valence-corrected chi connectivity index (χ1v) is 8.91. The highest BCUT2D eigenvalue weighted by atomic mass is 16.3. The van der Waals surface area contributed by atoms with E-state index in [4.69, 9.17) is 4.42 Å². The number of aromatic nitrogens is 2. The summed E-state index contributed by atoms with van der Waals surface area (Å²) in [6.07, 6.45) is 3.19. The number of hydrogen-bond donors (Lipinski definition) is 3. The van der Waals surface area contributed by atoms with E-state index in [1.54, 1.807) is 43.4 Å². The van der Waals surface area contributed by atoms with Crippen molar-refractivity contribution >= 4 is 11.8 Å². The summed E-state index contributed by atoms with van der Waals surface area (Å²) in [5, 5.41) is 12.8. The Balaban J connectivity index is 1.41. The van der Waals surface area contributed by atoms with Crippen LogP contribution in [0.5, 0.6) is 0 Å². The quantitative estimate of drug-likeness (QED) is 0.647. The zero-order valence-corrected chi connectivity index (χ0v) is 15.0. The van der Waals surface area contributed by atoms with Crippen LogP contribution in [0.15, 0.2) is 40.8 Å². The number of carbonyl (C=O) groups is 2. The minimum absolute atomic E-state index is 0.151. The van der Waals surface area contributed by atoms with Crippen molar-refractivity contribution < 1.29 is 14.0 Å². The number of furan rings is 1. The highest BCUT2D eigenvalue weighted by Crippen LogP contribution is 2.24. The smallest absolute Gasteiger partial charge is 0.286 e. The van der Waals surface area contributed by atoms with Gasteiger partial charge in [0.15, 0.2) is 5.76 Å². The maximum Gasteiger partial charge on any atom is 0.286 e. The number of amides is 2. The van der Waals surface area contributed by atoms with Gasteiger partial charge in [-0.3, -0.25) is 14.7 Å². The fourth-order valence-corrected chi connectivity index (χ4v) is 3.32. The molecule has 0 aliphatic heterocycles. The molecule has 0 radical (unpaired) electrons. The molecule has 2 amide bonds. The second kappa shape index (κ2) is 7.11. The lowest BCUT2D eigenvalue weighted by Gasteiger charge is -2.05. The predicted molar refractivity (Wildman–Crippen MR) is 99.3 cm³/mol. The van der Waals surface area contributed by atoms with E-state index in [2.05, 4.69) is 20.8 Å². The van der Waals surface area contributed by atoms with Crippen molar-refractivity contribution in [2.45, 2.75) is 25.8 Å². The molecule has 7 nitrogen and oxygen atoms in total. The van der Waals surface area contributed by atoms with Crippen molar-refractivity contribution in [3.8, 4) is 11.3 Å². The summed E-state index contributed by atoms with van der Waals surface area (Å²) in [7, 11) is 1.55. The lowest BCUT2D eigenvalue weighted by Crippen LogP contribution is -2.23.